The van der Waals surface area contributed by atoms with E-state index in [1.807, 2.05) is 0 Å². The van der Waals surface area contributed by atoms with Crippen LogP contribution >= 0.6 is 15.9 Å². The molecule has 0 saturated heterocycles. The Morgan fingerprint density at radius 2 is 2.40 bits per heavy atom. The summed E-state index contributed by atoms with van der Waals surface area (Å²) in [6.07, 6.45) is 4.94. The number of imidazole rings is 1. The molecule has 0 saturated carbocycles. The largest absolute Gasteiger partial charge is 0.321 e. The molecule has 0 aliphatic rings. The number of carbonyl (C=O) groups excluding carboxylic acids is 1. The highest BCUT2D eigenvalue weighted by atomic mass is 79.9. The standard InChI is InChI=1S/C9H9BrN4O/c1-5(11)8(15)7-6-4-12-2-3-14(6)9(10)13-7/h2-5H,11H2,1H3. The third-order valence-electron chi connectivity index (χ3n) is 2.05. The minimum Gasteiger partial charge on any atom is -0.321 e. The van der Waals surface area contributed by atoms with Crippen molar-refractivity contribution >= 4 is 27.2 Å². The molecule has 2 rings (SSSR count). The lowest BCUT2D eigenvalue weighted by Gasteiger charge is -2.00. The average Bonchev–Trinajstić information content (AvgIpc) is 2.56. The van der Waals surface area contributed by atoms with Crippen molar-refractivity contribution in [3.8, 4) is 0 Å². The zero-order valence-corrected chi connectivity index (χ0v) is 9.60. The first-order valence-electron chi connectivity index (χ1n) is 4.38. The molecule has 1 unspecified atom stereocenters. The molecule has 5 nitrogen and oxygen atoms in total. The number of nitrogens with two attached hydrogens (primary N) is 1. The van der Waals surface area contributed by atoms with Crippen LogP contribution in [0.25, 0.3) is 5.52 Å². The lowest BCUT2D eigenvalue weighted by molar-refractivity contribution is 0.0965. The fourth-order valence-electron chi connectivity index (χ4n) is 1.30. The minimum atomic E-state index is -0.559. The molecule has 2 heterocycles. The topological polar surface area (TPSA) is 73.3 Å². The van der Waals surface area contributed by atoms with E-state index in [2.05, 4.69) is 25.9 Å². The Bertz CT molecular complexity index is 520. The van der Waals surface area contributed by atoms with E-state index >= 15 is 0 Å². The van der Waals surface area contributed by atoms with Crippen molar-refractivity contribution < 1.29 is 4.79 Å². The first kappa shape index (κ1) is 10.3. The van der Waals surface area contributed by atoms with E-state index in [0.717, 1.165) is 0 Å². The highest BCUT2D eigenvalue weighted by Crippen LogP contribution is 2.17. The van der Waals surface area contributed by atoms with Gasteiger partial charge in [-0.2, -0.15) is 0 Å². The van der Waals surface area contributed by atoms with Gasteiger partial charge in [-0.05, 0) is 22.9 Å². The predicted octanol–water partition coefficient (Wildman–Crippen LogP) is 1.02. The van der Waals surface area contributed by atoms with Crippen LogP contribution in [0, 0.1) is 0 Å². The number of hydrogen-bond donors (Lipinski definition) is 1. The summed E-state index contributed by atoms with van der Waals surface area (Å²) in [4.78, 5) is 19.8. The van der Waals surface area contributed by atoms with Gasteiger partial charge in [0.1, 0.15) is 5.69 Å². The molecule has 0 fully saturated rings. The summed E-state index contributed by atoms with van der Waals surface area (Å²) in [6, 6.07) is -0.559. The van der Waals surface area contributed by atoms with Crippen molar-refractivity contribution in [2.75, 3.05) is 0 Å². The number of nitrogens with zero attached hydrogens (tertiary/aromatic N) is 3. The van der Waals surface area contributed by atoms with Gasteiger partial charge in [0.2, 0.25) is 0 Å². The summed E-state index contributed by atoms with van der Waals surface area (Å²) in [5.41, 5.74) is 6.54. The minimum absolute atomic E-state index is 0.189. The number of fused-ring (bicyclic) bond motifs is 1. The SMILES string of the molecule is CC(N)C(=O)c1nc(Br)n2ccncc12. The summed E-state index contributed by atoms with van der Waals surface area (Å²) in [7, 11) is 0. The first-order valence-corrected chi connectivity index (χ1v) is 5.18. The fourth-order valence-corrected chi connectivity index (χ4v) is 1.78. The third-order valence-corrected chi connectivity index (χ3v) is 2.61. The molecule has 0 aromatic carbocycles. The number of hydrogen-bond acceptors (Lipinski definition) is 4. The van der Waals surface area contributed by atoms with Gasteiger partial charge < -0.3 is 5.73 Å². The Hall–Kier alpha value is -1.27. The molecule has 2 aromatic rings. The quantitative estimate of drug-likeness (QED) is 0.826. The van der Waals surface area contributed by atoms with Crippen molar-refractivity contribution in [1.29, 1.82) is 0 Å². The summed E-state index contributed by atoms with van der Waals surface area (Å²) in [5.74, 6) is -0.189. The predicted molar refractivity (Wildman–Crippen MR) is 58.7 cm³/mol. The number of carbonyl (C=O) groups is 1. The van der Waals surface area contributed by atoms with Crippen LogP contribution < -0.4 is 5.73 Å². The van der Waals surface area contributed by atoms with Gasteiger partial charge in [-0.25, -0.2) is 4.98 Å². The van der Waals surface area contributed by atoms with Gasteiger partial charge in [0.15, 0.2) is 10.5 Å². The summed E-state index contributed by atoms with van der Waals surface area (Å²) in [5, 5.41) is 0. The summed E-state index contributed by atoms with van der Waals surface area (Å²) >= 11 is 3.27. The van der Waals surface area contributed by atoms with Gasteiger partial charge in [-0.15, -0.1) is 0 Å². The highest BCUT2D eigenvalue weighted by Gasteiger charge is 2.19. The monoisotopic (exact) mass is 268 g/mol. The molecule has 6 heteroatoms. The van der Waals surface area contributed by atoms with E-state index in [9.17, 15) is 4.79 Å². The molecule has 0 spiro atoms. The molecule has 2 N–H and O–H groups in total. The fraction of sp³-hybridized carbons (Fsp3) is 0.222. The van der Waals surface area contributed by atoms with Crippen LogP contribution in [-0.2, 0) is 0 Å². The summed E-state index contributed by atoms with van der Waals surface area (Å²) < 4.78 is 2.31. The molecule has 2 aromatic heterocycles. The van der Waals surface area contributed by atoms with Gasteiger partial charge in [-0.3, -0.25) is 14.2 Å². The maximum Gasteiger partial charge on any atom is 0.199 e. The lowest BCUT2D eigenvalue weighted by atomic mass is 10.1. The van der Waals surface area contributed by atoms with E-state index in [1.165, 1.54) is 0 Å². The van der Waals surface area contributed by atoms with E-state index in [4.69, 9.17) is 5.73 Å². The van der Waals surface area contributed by atoms with Crippen LogP contribution in [0.3, 0.4) is 0 Å². The second-order valence-corrected chi connectivity index (χ2v) is 3.92. The second-order valence-electron chi connectivity index (χ2n) is 3.21. The summed E-state index contributed by atoms with van der Waals surface area (Å²) in [6.45, 7) is 1.64. The van der Waals surface area contributed by atoms with Gasteiger partial charge >= 0.3 is 0 Å². The van der Waals surface area contributed by atoms with Crippen molar-refractivity contribution in [1.82, 2.24) is 14.4 Å². The number of aromatic nitrogens is 3. The van der Waals surface area contributed by atoms with Crippen LogP contribution in [0.1, 0.15) is 17.4 Å². The number of ketones is 1. The molecule has 0 bridgehead atoms. The van der Waals surface area contributed by atoms with Gasteiger partial charge in [0.05, 0.1) is 17.8 Å². The Labute approximate surface area is 94.5 Å². The van der Waals surface area contributed by atoms with Gasteiger partial charge in [0, 0.05) is 12.4 Å². The van der Waals surface area contributed by atoms with E-state index in [-0.39, 0.29) is 5.78 Å². The normalized spacial score (nSPS) is 13.0. The molecule has 78 valence electrons. The average molecular weight is 269 g/mol. The maximum absolute atomic E-state index is 11.7. The molecule has 0 aliphatic carbocycles. The van der Waals surface area contributed by atoms with Crippen molar-refractivity contribution in [2.24, 2.45) is 5.73 Å². The molecule has 15 heavy (non-hydrogen) atoms. The van der Waals surface area contributed by atoms with Gasteiger partial charge in [-0.1, -0.05) is 0 Å². The molecular formula is C9H9BrN4O. The zero-order chi connectivity index (χ0) is 11.0. The van der Waals surface area contributed by atoms with Crippen LogP contribution in [0.5, 0.6) is 0 Å². The molecule has 1 atom stereocenters. The highest BCUT2D eigenvalue weighted by molar-refractivity contribution is 9.10. The van der Waals surface area contributed by atoms with Crippen LogP contribution in [0.4, 0.5) is 0 Å². The lowest BCUT2D eigenvalue weighted by Crippen LogP contribution is -2.27. The molecule has 0 radical (unpaired) electrons. The van der Waals surface area contributed by atoms with E-state index < -0.39 is 6.04 Å². The van der Waals surface area contributed by atoms with E-state index in [1.54, 1.807) is 29.9 Å². The first-order chi connectivity index (χ1) is 7.11. The number of Topliss-reactive ketones (excluding diaryl/α,β-unsaturated/α-hetero) is 1. The second kappa shape index (κ2) is 3.71. The third kappa shape index (κ3) is 1.66. The Kier molecular flexibility index (Phi) is 2.54. The van der Waals surface area contributed by atoms with E-state index in [0.29, 0.717) is 15.9 Å². The molecular weight excluding hydrogens is 260 g/mol. The van der Waals surface area contributed by atoms with Crippen LogP contribution in [0.2, 0.25) is 0 Å². The van der Waals surface area contributed by atoms with Crippen molar-refractivity contribution in [3.63, 3.8) is 0 Å². The maximum atomic E-state index is 11.7. The molecule has 0 aliphatic heterocycles. The zero-order valence-electron chi connectivity index (χ0n) is 8.01. The Morgan fingerprint density at radius 1 is 1.67 bits per heavy atom. The van der Waals surface area contributed by atoms with Crippen molar-refractivity contribution in [2.45, 2.75) is 13.0 Å². The van der Waals surface area contributed by atoms with Crippen molar-refractivity contribution in [3.05, 3.63) is 29.0 Å². The number of halogens is 1. The number of rotatable bonds is 2. The van der Waals surface area contributed by atoms with Crippen LogP contribution in [-0.4, -0.2) is 26.2 Å². The Morgan fingerprint density at radius 3 is 3.07 bits per heavy atom. The van der Waals surface area contributed by atoms with Crippen LogP contribution in [0.15, 0.2) is 23.3 Å². The molecule has 0 amide bonds. The Balaban J connectivity index is 2.67. The van der Waals surface area contributed by atoms with Gasteiger partial charge in [0.25, 0.3) is 0 Å². The smallest absolute Gasteiger partial charge is 0.199 e.